The molecule has 0 spiro atoms. The van der Waals surface area contributed by atoms with Crippen LogP contribution in [0.4, 0.5) is 10.6 Å². The first kappa shape index (κ1) is 23.5. The number of benzene rings is 1. The van der Waals surface area contributed by atoms with Crippen molar-refractivity contribution in [3.05, 3.63) is 52.5 Å². The van der Waals surface area contributed by atoms with Crippen LogP contribution in [0, 0.1) is 6.92 Å². The third-order valence-electron chi connectivity index (χ3n) is 6.12. The summed E-state index contributed by atoms with van der Waals surface area (Å²) in [7, 11) is 1.72. The maximum Gasteiger partial charge on any atom is 0.317 e. The van der Waals surface area contributed by atoms with E-state index in [4.69, 9.17) is 14.7 Å². The van der Waals surface area contributed by atoms with Gasteiger partial charge >= 0.3 is 6.03 Å². The molecule has 0 unspecified atom stereocenters. The van der Waals surface area contributed by atoms with Gasteiger partial charge in [-0.15, -0.1) is 0 Å². The Morgan fingerprint density at radius 2 is 1.88 bits per heavy atom. The maximum atomic E-state index is 12.6. The Bertz CT molecular complexity index is 989. The highest BCUT2D eigenvalue weighted by molar-refractivity contribution is 5.75. The molecule has 7 nitrogen and oxygen atoms in total. The molecule has 1 saturated heterocycles. The molecule has 4 rings (SSSR count). The second-order valence-corrected chi connectivity index (χ2v) is 10.4. The van der Waals surface area contributed by atoms with Crippen LogP contribution in [0.3, 0.4) is 0 Å². The molecule has 178 valence electrons. The van der Waals surface area contributed by atoms with Gasteiger partial charge in [-0.1, -0.05) is 29.8 Å². The van der Waals surface area contributed by atoms with Crippen LogP contribution in [0.25, 0.3) is 0 Å². The van der Waals surface area contributed by atoms with Gasteiger partial charge in [0, 0.05) is 56.7 Å². The summed E-state index contributed by atoms with van der Waals surface area (Å²) in [6, 6.07) is 8.62. The molecule has 1 aliphatic carbocycles. The molecule has 2 heterocycles. The second kappa shape index (κ2) is 9.67. The molecule has 33 heavy (non-hydrogen) atoms. The van der Waals surface area contributed by atoms with Crippen LogP contribution in [0.2, 0.25) is 0 Å². The number of carbonyl (C=O) groups excluding carboxylic acids is 1. The standard InChI is InChI=1S/C26H37N5O2/c1-18-7-6-8-19(15-18)16-21-22(17-33-5)27-23(20-9-10-20)28-24(21)30-11-13-31(14-12-30)25(32)29-26(2,3)4/h6-8,15,20H,9-14,16-17H2,1-5H3,(H,29,32). The number of nitrogens with zero attached hydrogens (tertiary/aromatic N) is 4. The number of piperazine rings is 1. The predicted molar refractivity (Wildman–Crippen MR) is 131 cm³/mol. The number of aryl methyl sites for hydroxylation is 1. The average Bonchev–Trinajstić information content (AvgIpc) is 3.59. The van der Waals surface area contributed by atoms with Gasteiger partial charge in [-0.3, -0.25) is 0 Å². The number of methoxy groups -OCH3 is 1. The smallest absolute Gasteiger partial charge is 0.317 e. The van der Waals surface area contributed by atoms with Crippen molar-refractivity contribution in [2.45, 2.75) is 65.0 Å². The minimum atomic E-state index is -0.240. The van der Waals surface area contributed by atoms with Crippen molar-refractivity contribution in [2.75, 3.05) is 38.2 Å². The Balaban J connectivity index is 1.61. The van der Waals surface area contributed by atoms with E-state index in [-0.39, 0.29) is 11.6 Å². The lowest BCUT2D eigenvalue weighted by atomic mass is 10.0. The van der Waals surface area contributed by atoms with Crippen LogP contribution in [0.5, 0.6) is 0 Å². The molecule has 7 heteroatoms. The molecule has 0 radical (unpaired) electrons. The fraction of sp³-hybridized carbons (Fsp3) is 0.577. The summed E-state index contributed by atoms with van der Waals surface area (Å²) in [6.45, 7) is 11.5. The molecule has 2 aliphatic rings. The number of nitrogens with one attached hydrogen (secondary N) is 1. The van der Waals surface area contributed by atoms with Gasteiger partial charge in [0.2, 0.25) is 0 Å². The highest BCUT2D eigenvalue weighted by atomic mass is 16.5. The van der Waals surface area contributed by atoms with E-state index in [0.29, 0.717) is 25.6 Å². The van der Waals surface area contributed by atoms with Gasteiger partial charge in [0.1, 0.15) is 11.6 Å². The lowest BCUT2D eigenvalue weighted by Crippen LogP contribution is -2.55. The fourth-order valence-corrected chi connectivity index (χ4v) is 4.31. The molecule has 1 aromatic heterocycles. The van der Waals surface area contributed by atoms with E-state index >= 15 is 0 Å². The zero-order valence-electron chi connectivity index (χ0n) is 20.6. The average molecular weight is 452 g/mol. The number of hydrogen-bond donors (Lipinski definition) is 1. The van der Waals surface area contributed by atoms with E-state index in [0.717, 1.165) is 55.3 Å². The molecule has 1 aromatic carbocycles. The number of aromatic nitrogens is 2. The molecule has 1 aliphatic heterocycles. The Kier molecular flexibility index (Phi) is 6.88. The van der Waals surface area contributed by atoms with Crippen molar-refractivity contribution >= 4 is 11.8 Å². The lowest BCUT2D eigenvalue weighted by molar-refractivity contribution is 0.180. The van der Waals surface area contributed by atoms with E-state index in [9.17, 15) is 4.79 Å². The molecule has 1 saturated carbocycles. The van der Waals surface area contributed by atoms with E-state index in [1.165, 1.54) is 11.1 Å². The van der Waals surface area contributed by atoms with Crippen LogP contribution in [0.15, 0.2) is 24.3 Å². The number of hydrogen-bond acceptors (Lipinski definition) is 5. The lowest BCUT2D eigenvalue weighted by Gasteiger charge is -2.38. The van der Waals surface area contributed by atoms with Crippen LogP contribution in [0.1, 0.15) is 67.7 Å². The first-order chi connectivity index (χ1) is 15.7. The molecule has 2 amide bonds. The maximum absolute atomic E-state index is 12.6. The number of ether oxygens (including phenoxy) is 1. The Hall–Kier alpha value is -2.67. The highest BCUT2D eigenvalue weighted by Crippen LogP contribution is 2.40. The fourth-order valence-electron chi connectivity index (χ4n) is 4.31. The first-order valence-electron chi connectivity index (χ1n) is 12.0. The number of carbonyl (C=O) groups is 1. The van der Waals surface area contributed by atoms with Crippen molar-refractivity contribution in [3.8, 4) is 0 Å². The van der Waals surface area contributed by atoms with Crippen LogP contribution in [-0.4, -0.2) is 59.7 Å². The van der Waals surface area contributed by atoms with Crippen molar-refractivity contribution in [1.82, 2.24) is 20.2 Å². The van der Waals surface area contributed by atoms with Crippen LogP contribution < -0.4 is 10.2 Å². The van der Waals surface area contributed by atoms with Gasteiger partial charge < -0.3 is 19.9 Å². The molecular formula is C26H37N5O2. The molecule has 2 aromatic rings. The van der Waals surface area contributed by atoms with E-state index in [1.54, 1.807) is 7.11 Å². The first-order valence-corrected chi connectivity index (χ1v) is 12.0. The number of rotatable bonds is 6. The summed E-state index contributed by atoms with van der Waals surface area (Å²) in [4.78, 5) is 26.9. The highest BCUT2D eigenvalue weighted by Gasteiger charge is 2.31. The third-order valence-corrected chi connectivity index (χ3v) is 6.12. The quantitative estimate of drug-likeness (QED) is 0.718. The molecule has 1 N–H and O–H groups in total. The molecule has 0 bridgehead atoms. The van der Waals surface area contributed by atoms with Crippen LogP contribution in [-0.2, 0) is 17.8 Å². The monoisotopic (exact) mass is 451 g/mol. The van der Waals surface area contributed by atoms with Crippen molar-refractivity contribution in [2.24, 2.45) is 0 Å². The van der Waals surface area contributed by atoms with Crippen molar-refractivity contribution < 1.29 is 9.53 Å². The van der Waals surface area contributed by atoms with Gasteiger partial charge in [-0.25, -0.2) is 14.8 Å². The summed E-state index contributed by atoms with van der Waals surface area (Å²) < 4.78 is 5.55. The SMILES string of the molecule is COCc1nc(C2CC2)nc(N2CCN(C(=O)NC(C)(C)C)CC2)c1Cc1cccc(C)c1. The minimum absolute atomic E-state index is 0.00330. The third kappa shape index (κ3) is 6.02. The molecule has 2 fully saturated rings. The number of amides is 2. The molecular weight excluding hydrogens is 414 g/mol. The predicted octanol–water partition coefficient (Wildman–Crippen LogP) is 4.03. The topological polar surface area (TPSA) is 70.6 Å². The Morgan fingerprint density at radius 3 is 2.48 bits per heavy atom. The van der Waals surface area contributed by atoms with Gasteiger partial charge in [0.25, 0.3) is 0 Å². The van der Waals surface area contributed by atoms with Crippen LogP contribution >= 0.6 is 0 Å². The summed E-state index contributed by atoms with van der Waals surface area (Å²) >= 11 is 0. The van der Waals surface area contributed by atoms with Crippen molar-refractivity contribution in [1.29, 1.82) is 0 Å². The molecule has 0 atom stereocenters. The zero-order chi connectivity index (χ0) is 23.6. The summed E-state index contributed by atoms with van der Waals surface area (Å²) in [5.74, 6) is 2.42. The largest absolute Gasteiger partial charge is 0.378 e. The summed E-state index contributed by atoms with van der Waals surface area (Å²) in [6.07, 6.45) is 3.08. The Labute approximate surface area is 197 Å². The Morgan fingerprint density at radius 1 is 1.15 bits per heavy atom. The van der Waals surface area contributed by atoms with Gasteiger partial charge in [-0.05, 0) is 46.1 Å². The summed E-state index contributed by atoms with van der Waals surface area (Å²) in [5, 5.41) is 3.08. The van der Waals surface area contributed by atoms with Gasteiger partial charge in [-0.2, -0.15) is 0 Å². The number of urea groups is 1. The van der Waals surface area contributed by atoms with Crippen molar-refractivity contribution in [3.63, 3.8) is 0 Å². The van der Waals surface area contributed by atoms with E-state index in [1.807, 2.05) is 25.7 Å². The van der Waals surface area contributed by atoms with E-state index < -0.39 is 0 Å². The minimum Gasteiger partial charge on any atom is -0.378 e. The van der Waals surface area contributed by atoms with Gasteiger partial charge in [0.05, 0.1) is 12.3 Å². The summed E-state index contributed by atoms with van der Waals surface area (Å²) in [5.41, 5.74) is 4.38. The van der Waals surface area contributed by atoms with Gasteiger partial charge in [0.15, 0.2) is 0 Å². The normalized spacial score (nSPS) is 16.8. The number of anilines is 1. The zero-order valence-corrected chi connectivity index (χ0v) is 20.6. The second-order valence-electron chi connectivity index (χ2n) is 10.4. The van der Waals surface area contributed by atoms with E-state index in [2.05, 4.69) is 41.4 Å².